The van der Waals surface area contributed by atoms with E-state index in [1.54, 1.807) is 5.56 Å². The van der Waals surface area contributed by atoms with Gasteiger partial charge in [-0.05, 0) is 36.1 Å². The highest BCUT2D eigenvalue weighted by Crippen LogP contribution is 2.36. The predicted octanol–water partition coefficient (Wildman–Crippen LogP) is 2.47. The second-order valence-corrected chi connectivity index (χ2v) is 7.90. The Hall–Kier alpha value is -0.550. The first-order valence-electron chi connectivity index (χ1n) is 8.59. The highest BCUT2D eigenvalue weighted by atomic mass is 32.2. The topological polar surface area (TPSA) is 24.5 Å². The van der Waals surface area contributed by atoms with Crippen molar-refractivity contribution in [2.45, 2.75) is 30.8 Å². The van der Waals surface area contributed by atoms with Crippen molar-refractivity contribution in [3.8, 4) is 0 Å². The minimum atomic E-state index is 0.353. The number of hydrogen-bond acceptors (Lipinski definition) is 4. The molecule has 3 aliphatic rings. The number of fused-ring (bicyclic) bond motifs is 1. The standard InChI is InChI=1S/C18H26N2OS/c1-2-4-16-15(3-1)5-6-17(16)19-13-18(7-12-22-14-18)20-8-10-21-11-9-20/h1-4,17,19H,5-14H2/t17-,18+/m1/s1. The van der Waals surface area contributed by atoms with E-state index < -0.39 is 0 Å². The predicted molar refractivity (Wildman–Crippen MR) is 92.6 cm³/mol. The molecule has 4 heteroatoms. The van der Waals surface area contributed by atoms with Crippen molar-refractivity contribution in [2.75, 3.05) is 44.4 Å². The van der Waals surface area contributed by atoms with Crippen molar-refractivity contribution in [1.29, 1.82) is 0 Å². The van der Waals surface area contributed by atoms with Gasteiger partial charge in [0.15, 0.2) is 0 Å². The number of morpholine rings is 1. The first kappa shape index (κ1) is 15.0. The van der Waals surface area contributed by atoms with Crippen LogP contribution in [0.2, 0.25) is 0 Å². The number of nitrogens with one attached hydrogen (secondary N) is 1. The number of nitrogens with zero attached hydrogens (tertiary/aromatic N) is 1. The maximum atomic E-state index is 5.56. The fourth-order valence-electron chi connectivity index (χ4n) is 4.22. The summed E-state index contributed by atoms with van der Waals surface area (Å²) in [6.07, 6.45) is 3.80. The molecular formula is C18H26N2OS. The molecule has 2 saturated heterocycles. The van der Waals surface area contributed by atoms with Gasteiger partial charge in [-0.3, -0.25) is 4.90 Å². The molecule has 0 radical (unpaired) electrons. The molecule has 1 aliphatic carbocycles. The Balaban J connectivity index is 1.45. The van der Waals surface area contributed by atoms with E-state index in [0.29, 0.717) is 11.6 Å². The molecule has 3 nitrogen and oxygen atoms in total. The Bertz CT molecular complexity index is 510. The molecule has 2 atom stereocenters. The highest BCUT2D eigenvalue weighted by molar-refractivity contribution is 7.99. The van der Waals surface area contributed by atoms with Gasteiger partial charge in [0.25, 0.3) is 0 Å². The van der Waals surface area contributed by atoms with E-state index in [1.807, 2.05) is 0 Å². The van der Waals surface area contributed by atoms with Crippen LogP contribution in [-0.4, -0.2) is 54.8 Å². The van der Waals surface area contributed by atoms with E-state index in [2.05, 4.69) is 46.2 Å². The van der Waals surface area contributed by atoms with Crippen molar-refractivity contribution in [2.24, 2.45) is 0 Å². The second-order valence-electron chi connectivity index (χ2n) is 6.80. The maximum absolute atomic E-state index is 5.56. The average molecular weight is 318 g/mol. The van der Waals surface area contributed by atoms with Crippen LogP contribution >= 0.6 is 11.8 Å². The van der Waals surface area contributed by atoms with Crippen molar-refractivity contribution in [1.82, 2.24) is 10.2 Å². The zero-order valence-electron chi connectivity index (χ0n) is 13.2. The summed E-state index contributed by atoms with van der Waals surface area (Å²) < 4.78 is 5.56. The summed E-state index contributed by atoms with van der Waals surface area (Å²) in [5, 5.41) is 3.92. The number of thioether (sulfide) groups is 1. The Labute approximate surface area is 137 Å². The van der Waals surface area contributed by atoms with Crippen LogP contribution in [0, 0.1) is 0 Å². The number of benzene rings is 1. The van der Waals surface area contributed by atoms with Gasteiger partial charge < -0.3 is 10.1 Å². The molecule has 0 spiro atoms. The maximum Gasteiger partial charge on any atom is 0.0594 e. The van der Waals surface area contributed by atoms with Crippen LogP contribution in [0.3, 0.4) is 0 Å². The zero-order valence-corrected chi connectivity index (χ0v) is 14.0. The number of aryl methyl sites for hydroxylation is 1. The molecule has 0 amide bonds. The molecule has 0 bridgehead atoms. The summed E-state index contributed by atoms with van der Waals surface area (Å²) in [6.45, 7) is 5.13. The Morgan fingerprint density at radius 3 is 2.95 bits per heavy atom. The zero-order chi connectivity index (χ0) is 14.8. The molecule has 120 valence electrons. The van der Waals surface area contributed by atoms with Gasteiger partial charge in [-0.15, -0.1) is 0 Å². The molecule has 1 aromatic rings. The highest BCUT2D eigenvalue weighted by Gasteiger charge is 2.41. The molecular weight excluding hydrogens is 292 g/mol. The fraction of sp³-hybridized carbons (Fsp3) is 0.667. The Kier molecular flexibility index (Phi) is 4.45. The van der Waals surface area contributed by atoms with Gasteiger partial charge in [-0.1, -0.05) is 24.3 Å². The third-order valence-electron chi connectivity index (χ3n) is 5.57. The minimum Gasteiger partial charge on any atom is -0.379 e. The molecule has 0 unspecified atom stereocenters. The van der Waals surface area contributed by atoms with Crippen LogP contribution in [0.15, 0.2) is 24.3 Å². The van der Waals surface area contributed by atoms with Crippen LogP contribution in [0.1, 0.15) is 30.0 Å². The van der Waals surface area contributed by atoms with Crippen LogP contribution in [0.4, 0.5) is 0 Å². The first-order chi connectivity index (χ1) is 10.9. The molecule has 4 rings (SSSR count). The largest absolute Gasteiger partial charge is 0.379 e. The number of rotatable bonds is 4. The lowest BCUT2D eigenvalue weighted by atomic mass is 9.94. The molecule has 2 heterocycles. The smallest absolute Gasteiger partial charge is 0.0594 e. The SMILES string of the molecule is c1ccc2c(c1)CC[C@H]2NC[C@@]1(N2CCOCC2)CCSC1. The average Bonchev–Trinajstić information content (AvgIpc) is 3.22. The third-order valence-corrected chi connectivity index (χ3v) is 6.81. The lowest BCUT2D eigenvalue weighted by Gasteiger charge is -2.43. The van der Waals surface area contributed by atoms with Gasteiger partial charge in [0.05, 0.1) is 13.2 Å². The molecule has 22 heavy (non-hydrogen) atoms. The van der Waals surface area contributed by atoms with Crippen LogP contribution in [0.25, 0.3) is 0 Å². The van der Waals surface area contributed by atoms with Gasteiger partial charge in [-0.25, -0.2) is 0 Å². The van der Waals surface area contributed by atoms with Crippen LogP contribution in [0.5, 0.6) is 0 Å². The molecule has 2 fully saturated rings. The van der Waals surface area contributed by atoms with Gasteiger partial charge in [0.1, 0.15) is 0 Å². The Morgan fingerprint density at radius 1 is 1.27 bits per heavy atom. The molecule has 1 N–H and O–H groups in total. The van der Waals surface area contributed by atoms with Crippen molar-refractivity contribution in [3.05, 3.63) is 35.4 Å². The van der Waals surface area contributed by atoms with E-state index in [9.17, 15) is 0 Å². The first-order valence-corrected chi connectivity index (χ1v) is 9.75. The van der Waals surface area contributed by atoms with E-state index in [1.165, 1.54) is 36.3 Å². The number of hydrogen-bond donors (Lipinski definition) is 1. The summed E-state index contributed by atoms with van der Waals surface area (Å²) in [5.41, 5.74) is 3.43. The molecule has 0 aromatic heterocycles. The van der Waals surface area contributed by atoms with Crippen molar-refractivity contribution >= 4 is 11.8 Å². The summed E-state index contributed by atoms with van der Waals surface area (Å²) in [7, 11) is 0. The van der Waals surface area contributed by atoms with E-state index in [4.69, 9.17) is 4.74 Å². The van der Waals surface area contributed by atoms with Crippen molar-refractivity contribution < 1.29 is 4.74 Å². The van der Waals surface area contributed by atoms with Gasteiger partial charge >= 0.3 is 0 Å². The molecule has 0 saturated carbocycles. The second kappa shape index (κ2) is 6.52. The molecule has 2 aliphatic heterocycles. The van der Waals surface area contributed by atoms with Gasteiger partial charge in [-0.2, -0.15) is 11.8 Å². The van der Waals surface area contributed by atoms with Crippen LogP contribution < -0.4 is 5.32 Å². The summed E-state index contributed by atoms with van der Waals surface area (Å²) in [5.74, 6) is 2.58. The lowest BCUT2D eigenvalue weighted by molar-refractivity contribution is -0.0141. The van der Waals surface area contributed by atoms with E-state index >= 15 is 0 Å². The summed E-state index contributed by atoms with van der Waals surface area (Å²) in [4.78, 5) is 2.70. The summed E-state index contributed by atoms with van der Waals surface area (Å²) in [6, 6.07) is 9.51. The quantitative estimate of drug-likeness (QED) is 0.922. The summed E-state index contributed by atoms with van der Waals surface area (Å²) >= 11 is 2.12. The van der Waals surface area contributed by atoms with Gasteiger partial charge in [0.2, 0.25) is 0 Å². The minimum absolute atomic E-state index is 0.353. The van der Waals surface area contributed by atoms with E-state index in [0.717, 1.165) is 32.8 Å². The lowest BCUT2D eigenvalue weighted by Crippen LogP contribution is -2.58. The normalized spacial score (nSPS) is 32.3. The van der Waals surface area contributed by atoms with Gasteiger partial charge in [0, 0.05) is 37.0 Å². The van der Waals surface area contributed by atoms with Crippen molar-refractivity contribution in [3.63, 3.8) is 0 Å². The third kappa shape index (κ3) is 2.82. The number of ether oxygens (including phenoxy) is 1. The van der Waals surface area contributed by atoms with E-state index in [-0.39, 0.29) is 0 Å². The monoisotopic (exact) mass is 318 g/mol. The van der Waals surface area contributed by atoms with Crippen LogP contribution in [-0.2, 0) is 11.2 Å². The Morgan fingerprint density at radius 2 is 2.14 bits per heavy atom. The fourth-order valence-corrected chi connectivity index (χ4v) is 5.69. The molecule has 1 aromatic carbocycles.